The van der Waals surface area contributed by atoms with E-state index in [0.717, 1.165) is 75.5 Å². The summed E-state index contributed by atoms with van der Waals surface area (Å²) in [4.78, 5) is 16.1. The summed E-state index contributed by atoms with van der Waals surface area (Å²) in [5.74, 6) is 2.01. The average Bonchev–Trinajstić information content (AvgIpc) is 3.15. The second-order valence-corrected chi connectivity index (χ2v) is 10.2. The third kappa shape index (κ3) is 7.45. The second kappa shape index (κ2) is 11.9. The molecule has 0 aromatic heterocycles. The highest BCUT2D eigenvalue weighted by atomic mass is 16.5. The Morgan fingerprint density at radius 1 is 1.00 bits per heavy atom. The molecule has 6 heteroatoms. The van der Waals surface area contributed by atoms with Gasteiger partial charge in [-0.3, -0.25) is 9.69 Å². The lowest BCUT2D eigenvalue weighted by Crippen LogP contribution is -2.37. The van der Waals surface area contributed by atoms with Crippen molar-refractivity contribution in [1.29, 1.82) is 0 Å². The molecular formula is C29H40N2O4. The van der Waals surface area contributed by atoms with Gasteiger partial charge >= 0.3 is 0 Å². The number of carbonyl (C=O) groups is 1. The van der Waals surface area contributed by atoms with Gasteiger partial charge in [-0.25, -0.2) is 0 Å². The first-order valence-electron chi connectivity index (χ1n) is 13.0. The average molecular weight is 481 g/mol. The van der Waals surface area contributed by atoms with E-state index >= 15 is 0 Å². The molecule has 0 bridgehead atoms. The van der Waals surface area contributed by atoms with Crippen LogP contribution in [0.3, 0.4) is 0 Å². The molecule has 1 atom stereocenters. The summed E-state index contributed by atoms with van der Waals surface area (Å²) < 4.78 is 12.0. The zero-order valence-corrected chi connectivity index (χ0v) is 21.3. The van der Waals surface area contributed by atoms with Crippen LogP contribution in [0, 0.1) is 13.8 Å². The number of likely N-dealkylation sites (tertiary alicyclic amines) is 2. The van der Waals surface area contributed by atoms with Gasteiger partial charge in [0.15, 0.2) is 0 Å². The van der Waals surface area contributed by atoms with Crippen LogP contribution in [0.1, 0.15) is 55.2 Å². The molecule has 4 rings (SSSR count). The second-order valence-electron chi connectivity index (χ2n) is 10.2. The van der Waals surface area contributed by atoms with Crippen LogP contribution < -0.4 is 9.47 Å². The van der Waals surface area contributed by atoms with Crippen LogP contribution in [0.25, 0.3) is 0 Å². The maximum absolute atomic E-state index is 11.7. The van der Waals surface area contributed by atoms with Crippen molar-refractivity contribution in [3.05, 3.63) is 59.2 Å². The molecule has 35 heavy (non-hydrogen) atoms. The van der Waals surface area contributed by atoms with Crippen molar-refractivity contribution < 1.29 is 19.4 Å². The highest BCUT2D eigenvalue weighted by Crippen LogP contribution is 2.27. The number of rotatable bonds is 10. The van der Waals surface area contributed by atoms with Crippen LogP contribution >= 0.6 is 0 Å². The Morgan fingerprint density at radius 2 is 1.89 bits per heavy atom. The third-order valence-electron chi connectivity index (χ3n) is 7.15. The lowest BCUT2D eigenvalue weighted by atomic mass is 9.96. The van der Waals surface area contributed by atoms with E-state index in [0.29, 0.717) is 26.1 Å². The minimum absolute atomic E-state index is 0.271. The summed E-state index contributed by atoms with van der Waals surface area (Å²) in [5.41, 5.74) is 2.74. The molecule has 0 saturated carbocycles. The highest BCUT2D eigenvalue weighted by Gasteiger charge is 2.31. The third-order valence-corrected chi connectivity index (χ3v) is 7.15. The molecule has 1 amide bonds. The van der Waals surface area contributed by atoms with Crippen LogP contribution in [0.5, 0.6) is 11.5 Å². The molecule has 0 radical (unpaired) electrons. The molecule has 2 aromatic carbocycles. The predicted molar refractivity (Wildman–Crippen MR) is 138 cm³/mol. The number of aryl methyl sites for hydroxylation is 2. The van der Waals surface area contributed by atoms with E-state index in [1.807, 2.05) is 36.1 Å². The lowest BCUT2D eigenvalue weighted by Gasteiger charge is -2.27. The quantitative estimate of drug-likeness (QED) is 0.508. The van der Waals surface area contributed by atoms with E-state index in [-0.39, 0.29) is 5.91 Å². The van der Waals surface area contributed by atoms with E-state index < -0.39 is 5.60 Å². The SMILES string of the molecule is Cc1ccc(OCC2(O)CCCN(Cc3cccc(OCCCN4CCCC4=O)c3)CC2)c(C)c1. The number of benzene rings is 2. The Labute approximate surface area is 209 Å². The van der Waals surface area contributed by atoms with Crippen molar-refractivity contribution in [2.75, 3.05) is 39.4 Å². The largest absolute Gasteiger partial charge is 0.494 e. The summed E-state index contributed by atoms with van der Waals surface area (Å²) in [6.45, 7) is 9.37. The van der Waals surface area contributed by atoms with Gasteiger partial charge in [0, 0.05) is 32.6 Å². The van der Waals surface area contributed by atoms with Gasteiger partial charge in [-0.2, -0.15) is 0 Å². The molecule has 2 heterocycles. The molecule has 2 saturated heterocycles. The van der Waals surface area contributed by atoms with Crippen LogP contribution in [-0.2, 0) is 11.3 Å². The van der Waals surface area contributed by atoms with E-state index in [1.165, 1.54) is 11.1 Å². The zero-order chi connectivity index (χ0) is 24.7. The molecule has 190 valence electrons. The van der Waals surface area contributed by atoms with Gasteiger partial charge in [0.1, 0.15) is 18.1 Å². The zero-order valence-electron chi connectivity index (χ0n) is 21.3. The fourth-order valence-corrected chi connectivity index (χ4v) is 5.09. The molecule has 0 spiro atoms. The van der Waals surface area contributed by atoms with Gasteiger partial charge < -0.3 is 19.5 Å². The van der Waals surface area contributed by atoms with Crippen LogP contribution in [0.4, 0.5) is 0 Å². The molecule has 2 aliphatic rings. The van der Waals surface area contributed by atoms with Crippen molar-refractivity contribution in [3.63, 3.8) is 0 Å². The molecule has 0 aliphatic carbocycles. The van der Waals surface area contributed by atoms with Gasteiger partial charge in [0.2, 0.25) is 5.91 Å². The van der Waals surface area contributed by atoms with Crippen LogP contribution in [0.15, 0.2) is 42.5 Å². The van der Waals surface area contributed by atoms with Crippen molar-refractivity contribution in [2.45, 2.75) is 64.5 Å². The number of aliphatic hydroxyl groups is 1. The maximum Gasteiger partial charge on any atom is 0.222 e. The number of hydrogen-bond donors (Lipinski definition) is 1. The van der Waals surface area contributed by atoms with Crippen molar-refractivity contribution in [1.82, 2.24) is 9.80 Å². The minimum atomic E-state index is -0.798. The monoisotopic (exact) mass is 480 g/mol. The molecule has 1 unspecified atom stereocenters. The Bertz CT molecular complexity index is 994. The maximum atomic E-state index is 11.7. The first-order chi connectivity index (χ1) is 16.9. The number of ether oxygens (including phenoxy) is 2. The molecule has 2 aliphatic heterocycles. The Morgan fingerprint density at radius 3 is 2.69 bits per heavy atom. The summed E-state index contributed by atoms with van der Waals surface area (Å²) in [6.07, 6.45) is 4.91. The fraction of sp³-hybridized carbons (Fsp3) is 0.552. The van der Waals surface area contributed by atoms with Crippen LogP contribution in [-0.4, -0.2) is 65.8 Å². The first kappa shape index (κ1) is 25.5. The number of amides is 1. The molecule has 1 N–H and O–H groups in total. The van der Waals surface area contributed by atoms with Gasteiger partial charge in [-0.05, 0) is 81.8 Å². The van der Waals surface area contributed by atoms with Gasteiger partial charge in [-0.1, -0.05) is 29.8 Å². The Kier molecular flexibility index (Phi) is 8.69. The molecule has 2 fully saturated rings. The summed E-state index contributed by atoms with van der Waals surface area (Å²) in [6, 6.07) is 14.4. The topological polar surface area (TPSA) is 62.2 Å². The predicted octanol–water partition coefficient (Wildman–Crippen LogP) is 4.49. The van der Waals surface area contributed by atoms with Crippen molar-refractivity contribution in [2.24, 2.45) is 0 Å². The van der Waals surface area contributed by atoms with E-state index in [9.17, 15) is 9.90 Å². The van der Waals surface area contributed by atoms with E-state index in [4.69, 9.17) is 9.47 Å². The Hall–Kier alpha value is -2.57. The van der Waals surface area contributed by atoms with Crippen molar-refractivity contribution in [3.8, 4) is 11.5 Å². The molecule has 2 aromatic rings. The number of nitrogens with zero attached hydrogens (tertiary/aromatic N) is 2. The van der Waals surface area contributed by atoms with Gasteiger partial charge in [0.25, 0.3) is 0 Å². The Balaban J connectivity index is 1.22. The lowest BCUT2D eigenvalue weighted by molar-refractivity contribution is -0.127. The summed E-state index contributed by atoms with van der Waals surface area (Å²) in [5, 5.41) is 11.2. The number of hydrogen-bond acceptors (Lipinski definition) is 5. The van der Waals surface area contributed by atoms with Crippen LogP contribution in [0.2, 0.25) is 0 Å². The van der Waals surface area contributed by atoms with Gasteiger partial charge in [0.05, 0.1) is 12.2 Å². The number of carbonyl (C=O) groups excluding carboxylic acids is 1. The molecule has 6 nitrogen and oxygen atoms in total. The van der Waals surface area contributed by atoms with Gasteiger partial charge in [-0.15, -0.1) is 0 Å². The smallest absolute Gasteiger partial charge is 0.222 e. The van der Waals surface area contributed by atoms with E-state index in [2.05, 4.69) is 30.0 Å². The fourth-order valence-electron chi connectivity index (χ4n) is 5.09. The normalized spacial score (nSPS) is 21.2. The highest BCUT2D eigenvalue weighted by molar-refractivity contribution is 5.77. The molecular weight excluding hydrogens is 440 g/mol. The van der Waals surface area contributed by atoms with Crippen molar-refractivity contribution >= 4 is 5.91 Å². The summed E-state index contributed by atoms with van der Waals surface area (Å²) >= 11 is 0. The van der Waals surface area contributed by atoms with E-state index in [1.54, 1.807) is 0 Å². The first-order valence-corrected chi connectivity index (χ1v) is 13.0. The summed E-state index contributed by atoms with van der Waals surface area (Å²) in [7, 11) is 0. The standard InChI is InChI=1S/C29H40N2O4/c1-23-10-11-27(24(2)19-23)35-22-29(33)12-5-14-30(17-13-29)21-25-7-3-8-26(20-25)34-18-6-16-31-15-4-9-28(31)32/h3,7-8,10-11,19-20,33H,4-6,9,12-18,21-22H2,1-2H3. The minimum Gasteiger partial charge on any atom is -0.494 e.